The Morgan fingerprint density at radius 2 is 1.77 bits per heavy atom. The Hall–Kier alpha value is -0.0600. The zero-order valence-corrected chi connectivity index (χ0v) is 17.6. The second kappa shape index (κ2) is 7.67. The monoisotopic (exact) mass is 561 g/mol. The zero-order valence-electron chi connectivity index (χ0n) is 11.8. The van der Waals surface area contributed by atoms with E-state index in [-0.39, 0.29) is 0 Å². The van der Waals surface area contributed by atoms with Gasteiger partial charge in [0.2, 0.25) is 0 Å². The van der Waals surface area contributed by atoms with Crippen LogP contribution in [-0.2, 0) is 10.0 Å². The summed E-state index contributed by atoms with van der Waals surface area (Å²) in [7, 11) is -3.59. The molecule has 2 aromatic carbocycles. The van der Waals surface area contributed by atoms with Gasteiger partial charge in [-0.05, 0) is 59.8 Å². The summed E-state index contributed by atoms with van der Waals surface area (Å²) < 4.78 is 28.9. The lowest BCUT2D eigenvalue weighted by Gasteiger charge is -2.25. The molecule has 0 fully saturated rings. The number of nitrogens with zero attached hydrogens (tertiary/aromatic N) is 1. The summed E-state index contributed by atoms with van der Waals surface area (Å²) in [6.45, 7) is 2.34. The number of alkyl halides is 1. The molecule has 0 bridgehead atoms. The third-order valence-corrected chi connectivity index (χ3v) is 6.48. The Morgan fingerprint density at radius 1 is 1.14 bits per heavy atom. The van der Waals surface area contributed by atoms with E-state index in [4.69, 9.17) is 11.6 Å². The largest absolute Gasteiger partial charge is 0.264 e. The number of hydrogen-bond acceptors (Lipinski definition) is 2. The molecule has 0 atom stereocenters. The fourth-order valence-corrected chi connectivity index (χ4v) is 5.59. The van der Waals surface area contributed by atoms with E-state index in [1.54, 1.807) is 30.3 Å². The quantitative estimate of drug-likeness (QED) is 0.386. The predicted molar refractivity (Wildman–Crippen MR) is 109 cm³/mol. The van der Waals surface area contributed by atoms with E-state index in [0.717, 1.165) is 9.13 Å². The van der Waals surface area contributed by atoms with Crippen LogP contribution in [0.4, 0.5) is 5.69 Å². The van der Waals surface area contributed by atoms with E-state index in [1.165, 1.54) is 4.31 Å². The van der Waals surface area contributed by atoms with Crippen molar-refractivity contribution in [2.24, 2.45) is 0 Å². The van der Waals surface area contributed by atoms with Crippen molar-refractivity contribution in [1.82, 2.24) is 0 Å². The number of sulfonamides is 1. The van der Waals surface area contributed by atoms with Gasteiger partial charge >= 0.3 is 0 Å². The molecule has 0 spiro atoms. The SMILES string of the molecule is Cc1ccc(S(=O)(=O)N(CCI)c2ccc(Cl)cc2I)cc1. The highest BCUT2D eigenvalue weighted by atomic mass is 127. The van der Waals surface area contributed by atoms with Gasteiger partial charge in [-0.1, -0.05) is 51.9 Å². The molecule has 118 valence electrons. The smallest absolute Gasteiger partial charge is 0.264 e. The Morgan fingerprint density at radius 3 is 2.32 bits per heavy atom. The highest BCUT2D eigenvalue weighted by molar-refractivity contribution is 14.1. The van der Waals surface area contributed by atoms with Crippen LogP contribution >= 0.6 is 56.8 Å². The molecule has 0 N–H and O–H groups in total. The van der Waals surface area contributed by atoms with Crippen LogP contribution in [0.15, 0.2) is 47.4 Å². The van der Waals surface area contributed by atoms with Gasteiger partial charge in [-0.25, -0.2) is 8.42 Å². The molecule has 0 heterocycles. The van der Waals surface area contributed by atoms with Gasteiger partial charge < -0.3 is 0 Å². The maximum Gasteiger partial charge on any atom is 0.264 e. The van der Waals surface area contributed by atoms with Crippen LogP contribution < -0.4 is 4.31 Å². The standard InChI is InChI=1S/C15H14ClI2NO2S/c1-11-2-5-13(6-3-11)22(20,21)19(9-8-17)15-7-4-12(16)10-14(15)18/h2-7,10H,8-9H2,1H3. The molecule has 3 nitrogen and oxygen atoms in total. The minimum absolute atomic E-state index is 0.300. The Kier molecular flexibility index (Phi) is 6.38. The summed E-state index contributed by atoms with van der Waals surface area (Å²) in [5.74, 6) is 0. The van der Waals surface area contributed by atoms with Crippen LogP contribution in [0.2, 0.25) is 5.02 Å². The minimum atomic E-state index is -3.59. The second-order valence-electron chi connectivity index (χ2n) is 4.67. The van der Waals surface area contributed by atoms with E-state index in [9.17, 15) is 8.42 Å². The number of halogens is 3. The summed E-state index contributed by atoms with van der Waals surface area (Å²) in [6, 6.07) is 12.1. The van der Waals surface area contributed by atoms with Gasteiger partial charge in [-0.15, -0.1) is 0 Å². The number of anilines is 1. The van der Waals surface area contributed by atoms with E-state index < -0.39 is 10.0 Å². The van der Waals surface area contributed by atoms with Gasteiger partial charge in [0.25, 0.3) is 10.0 Å². The topological polar surface area (TPSA) is 37.4 Å². The van der Waals surface area contributed by atoms with Crippen molar-refractivity contribution in [3.05, 3.63) is 56.6 Å². The van der Waals surface area contributed by atoms with Gasteiger partial charge in [-0.2, -0.15) is 0 Å². The molecule has 0 aliphatic carbocycles. The molecule has 0 aromatic heterocycles. The number of aryl methyl sites for hydroxylation is 1. The fourth-order valence-electron chi connectivity index (χ4n) is 1.97. The lowest BCUT2D eigenvalue weighted by atomic mass is 10.2. The third-order valence-electron chi connectivity index (χ3n) is 3.08. The molecule has 0 radical (unpaired) electrons. The summed E-state index contributed by atoms with van der Waals surface area (Å²) >= 11 is 10.3. The summed E-state index contributed by atoms with van der Waals surface area (Å²) in [4.78, 5) is 0.300. The molecule has 0 saturated heterocycles. The first kappa shape index (κ1) is 18.3. The van der Waals surface area contributed by atoms with Gasteiger partial charge in [0.1, 0.15) is 0 Å². The lowest BCUT2D eigenvalue weighted by molar-refractivity contribution is 0.592. The Bertz CT molecular complexity index is 764. The average molecular weight is 562 g/mol. The Labute approximate surface area is 163 Å². The maximum absolute atomic E-state index is 13.0. The van der Waals surface area contributed by atoms with Crippen LogP contribution in [-0.4, -0.2) is 19.4 Å². The predicted octanol–water partition coefficient (Wildman–Crippen LogP) is 4.88. The first-order chi connectivity index (χ1) is 10.4. The van der Waals surface area contributed by atoms with Gasteiger partial charge in [0.15, 0.2) is 0 Å². The van der Waals surface area contributed by atoms with Gasteiger partial charge in [0, 0.05) is 19.6 Å². The summed E-state index contributed by atoms with van der Waals surface area (Å²) in [6.07, 6.45) is 0. The van der Waals surface area contributed by atoms with Crippen molar-refractivity contribution in [1.29, 1.82) is 0 Å². The minimum Gasteiger partial charge on any atom is -0.264 e. The van der Waals surface area contributed by atoms with Crippen LogP contribution in [0.25, 0.3) is 0 Å². The molecule has 0 saturated carbocycles. The first-order valence-corrected chi connectivity index (χ1v) is 10.9. The third kappa shape index (κ3) is 4.07. The van der Waals surface area contributed by atoms with E-state index in [0.29, 0.717) is 26.6 Å². The van der Waals surface area contributed by atoms with Gasteiger partial charge in [-0.3, -0.25) is 4.31 Å². The molecule has 2 rings (SSSR count). The molecule has 0 aliphatic heterocycles. The maximum atomic E-state index is 13.0. The second-order valence-corrected chi connectivity index (χ2v) is 9.21. The number of rotatable bonds is 5. The molecule has 7 heteroatoms. The van der Waals surface area contributed by atoms with Crippen molar-refractivity contribution in [3.63, 3.8) is 0 Å². The highest BCUT2D eigenvalue weighted by Crippen LogP contribution is 2.30. The molecule has 22 heavy (non-hydrogen) atoms. The number of benzene rings is 2. The van der Waals surface area contributed by atoms with E-state index in [2.05, 4.69) is 45.2 Å². The lowest BCUT2D eigenvalue weighted by Crippen LogP contribution is -2.33. The molecular formula is C15H14ClI2NO2S. The first-order valence-electron chi connectivity index (χ1n) is 6.46. The Balaban J connectivity index is 2.53. The molecular weight excluding hydrogens is 547 g/mol. The molecule has 0 aliphatic rings. The van der Waals surface area contributed by atoms with E-state index in [1.807, 2.05) is 19.1 Å². The number of hydrogen-bond donors (Lipinski definition) is 0. The summed E-state index contributed by atoms with van der Waals surface area (Å²) in [5, 5.41) is 0.593. The van der Waals surface area contributed by atoms with Crippen molar-refractivity contribution in [3.8, 4) is 0 Å². The van der Waals surface area contributed by atoms with Gasteiger partial charge in [0.05, 0.1) is 10.6 Å². The van der Waals surface area contributed by atoms with Crippen LogP contribution in [0, 0.1) is 10.5 Å². The zero-order chi connectivity index (χ0) is 16.3. The molecule has 0 amide bonds. The normalized spacial score (nSPS) is 11.5. The molecule has 0 unspecified atom stereocenters. The van der Waals surface area contributed by atoms with Crippen molar-refractivity contribution >= 4 is 72.5 Å². The fraction of sp³-hybridized carbons (Fsp3) is 0.200. The highest BCUT2D eigenvalue weighted by Gasteiger charge is 2.25. The summed E-state index contributed by atoms with van der Waals surface area (Å²) in [5.41, 5.74) is 1.68. The van der Waals surface area contributed by atoms with Crippen molar-refractivity contribution in [2.75, 3.05) is 15.3 Å². The van der Waals surface area contributed by atoms with Crippen LogP contribution in [0.3, 0.4) is 0 Å². The van der Waals surface area contributed by atoms with Crippen molar-refractivity contribution < 1.29 is 8.42 Å². The van der Waals surface area contributed by atoms with E-state index >= 15 is 0 Å². The van der Waals surface area contributed by atoms with Crippen molar-refractivity contribution in [2.45, 2.75) is 11.8 Å². The average Bonchev–Trinajstić information content (AvgIpc) is 2.46. The van der Waals surface area contributed by atoms with Crippen LogP contribution in [0.5, 0.6) is 0 Å². The molecule has 2 aromatic rings. The van der Waals surface area contributed by atoms with Crippen LogP contribution in [0.1, 0.15) is 5.56 Å².